The predicted octanol–water partition coefficient (Wildman–Crippen LogP) is 3.97. The molecule has 2 heterocycles. The van der Waals surface area contributed by atoms with Gasteiger partial charge in [-0.2, -0.15) is 0 Å². The zero-order chi connectivity index (χ0) is 13.4. The maximum absolute atomic E-state index is 6.31. The average Bonchev–Trinajstić information content (AvgIpc) is 2.82. The van der Waals surface area contributed by atoms with Crippen LogP contribution in [-0.4, -0.2) is 6.26 Å². The molecule has 0 fully saturated rings. The molecule has 3 nitrogen and oxygen atoms in total. The third-order valence-corrected chi connectivity index (χ3v) is 5.38. The largest absolute Gasteiger partial charge is 0.379 e. The van der Waals surface area contributed by atoms with Crippen LogP contribution in [-0.2, 0) is 13.0 Å². The molecule has 0 atom stereocenters. The molecule has 2 aromatic rings. The Labute approximate surface area is 121 Å². The summed E-state index contributed by atoms with van der Waals surface area (Å²) in [5.41, 5.74) is 3.43. The Balaban J connectivity index is 2.06. The van der Waals surface area contributed by atoms with Crippen molar-refractivity contribution in [2.45, 2.75) is 24.8 Å². The summed E-state index contributed by atoms with van der Waals surface area (Å²) in [6.45, 7) is 3.02. The number of thiophene rings is 1. The number of anilines is 3. The molecule has 0 amide bonds. The van der Waals surface area contributed by atoms with Gasteiger partial charge in [-0.3, -0.25) is 5.01 Å². The summed E-state index contributed by atoms with van der Waals surface area (Å²) >= 11 is 3.53. The molecule has 3 N–H and O–H groups in total. The number of nitrogens with one attached hydrogen (secondary N) is 1. The van der Waals surface area contributed by atoms with Crippen molar-refractivity contribution in [1.29, 1.82) is 0 Å². The molecule has 0 saturated carbocycles. The summed E-state index contributed by atoms with van der Waals surface area (Å²) < 4.78 is 0. The third-order valence-electron chi connectivity index (χ3n) is 3.34. The highest BCUT2D eigenvalue weighted by Gasteiger charge is 2.20. The quantitative estimate of drug-likeness (QED) is 0.649. The van der Waals surface area contributed by atoms with Gasteiger partial charge in [-0.25, -0.2) is 5.84 Å². The fourth-order valence-electron chi connectivity index (χ4n) is 2.27. The first kappa shape index (κ1) is 12.8. The zero-order valence-electron chi connectivity index (χ0n) is 11.1. The average molecular weight is 291 g/mol. The van der Waals surface area contributed by atoms with Crippen molar-refractivity contribution in [3.8, 4) is 0 Å². The summed E-state index contributed by atoms with van der Waals surface area (Å²) in [6.07, 6.45) is 3.15. The van der Waals surface area contributed by atoms with Crippen LogP contribution in [0.5, 0.6) is 0 Å². The molecule has 0 aliphatic carbocycles. The number of nitrogens with zero attached hydrogens (tertiary/aromatic N) is 1. The predicted molar refractivity (Wildman–Crippen MR) is 85.6 cm³/mol. The van der Waals surface area contributed by atoms with Crippen LogP contribution in [0.2, 0.25) is 0 Å². The van der Waals surface area contributed by atoms with Gasteiger partial charge in [0.25, 0.3) is 0 Å². The Hall–Kier alpha value is -1.17. The summed E-state index contributed by atoms with van der Waals surface area (Å²) in [5.74, 6) is 6.31. The fourth-order valence-corrected chi connectivity index (χ4v) is 3.77. The highest BCUT2D eigenvalue weighted by atomic mass is 32.2. The minimum absolute atomic E-state index is 0.838. The Morgan fingerprint density at radius 1 is 1.42 bits per heavy atom. The first-order valence-electron chi connectivity index (χ1n) is 6.31. The van der Waals surface area contributed by atoms with Gasteiger partial charge in [-0.05, 0) is 36.9 Å². The van der Waals surface area contributed by atoms with Gasteiger partial charge < -0.3 is 5.32 Å². The summed E-state index contributed by atoms with van der Waals surface area (Å²) in [4.78, 5) is 2.63. The lowest BCUT2D eigenvalue weighted by atomic mass is 10.2. The second kappa shape index (κ2) is 5.07. The van der Waals surface area contributed by atoms with Crippen molar-refractivity contribution in [3.63, 3.8) is 0 Å². The second-order valence-corrected chi connectivity index (χ2v) is 6.50. The molecule has 5 heteroatoms. The fraction of sp³-hybridized carbons (Fsp3) is 0.286. The third kappa shape index (κ3) is 2.22. The molecule has 3 rings (SSSR count). The van der Waals surface area contributed by atoms with E-state index in [0.29, 0.717) is 0 Å². The number of aryl methyl sites for hydroxylation is 1. The van der Waals surface area contributed by atoms with Crippen LogP contribution in [0.1, 0.15) is 17.4 Å². The van der Waals surface area contributed by atoms with E-state index in [1.165, 1.54) is 15.3 Å². The van der Waals surface area contributed by atoms with Crippen LogP contribution in [0, 0.1) is 0 Å². The van der Waals surface area contributed by atoms with E-state index in [2.05, 4.69) is 42.8 Å². The maximum atomic E-state index is 6.31. The summed E-state index contributed by atoms with van der Waals surface area (Å²) in [7, 11) is 0. The van der Waals surface area contributed by atoms with E-state index in [1.807, 2.05) is 5.01 Å². The lowest BCUT2D eigenvalue weighted by Crippen LogP contribution is -2.24. The Morgan fingerprint density at radius 2 is 2.26 bits per heavy atom. The van der Waals surface area contributed by atoms with E-state index in [9.17, 15) is 0 Å². The van der Waals surface area contributed by atoms with Gasteiger partial charge in [0.1, 0.15) is 5.00 Å². The van der Waals surface area contributed by atoms with E-state index in [1.54, 1.807) is 23.1 Å². The van der Waals surface area contributed by atoms with Crippen molar-refractivity contribution in [1.82, 2.24) is 0 Å². The van der Waals surface area contributed by atoms with Crippen LogP contribution < -0.4 is 16.2 Å². The molecular formula is C14H17N3S2. The normalized spacial score (nSPS) is 13.5. The van der Waals surface area contributed by atoms with Gasteiger partial charge in [0.05, 0.1) is 11.4 Å². The Bertz CT molecular complexity index is 607. The molecule has 0 saturated heterocycles. The molecule has 0 bridgehead atoms. The lowest BCUT2D eigenvalue weighted by Gasteiger charge is -2.18. The van der Waals surface area contributed by atoms with Crippen molar-refractivity contribution in [2.24, 2.45) is 5.84 Å². The van der Waals surface area contributed by atoms with Crippen molar-refractivity contribution >= 4 is 39.5 Å². The highest BCUT2D eigenvalue weighted by molar-refractivity contribution is 7.98. The number of hydrazine groups is 1. The number of hydrogen-bond acceptors (Lipinski definition) is 5. The van der Waals surface area contributed by atoms with Crippen LogP contribution in [0.4, 0.5) is 16.4 Å². The number of fused-ring (bicyclic) bond motifs is 2. The van der Waals surface area contributed by atoms with Gasteiger partial charge in [0.2, 0.25) is 0 Å². The smallest absolute Gasteiger partial charge is 0.115 e. The molecule has 1 aliphatic rings. The Kier molecular flexibility index (Phi) is 3.43. The molecule has 1 aliphatic heterocycles. The minimum atomic E-state index is 0.838. The highest BCUT2D eigenvalue weighted by Crippen LogP contribution is 2.41. The van der Waals surface area contributed by atoms with Crippen LogP contribution in [0.3, 0.4) is 0 Å². The number of rotatable bonds is 2. The monoisotopic (exact) mass is 291 g/mol. The summed E-state index contributed by atoms with van der Waals surface area (Å²) in [6, 6.07) is 8.63. The first-order valence-corrected chi connectivity index (χ1v) is 8.35. The topological polar surface area (TPSA) is 41.3 Å². The maximum Gasteiger partial charge on any atom is 0.115 e. The SMILES string of the molecule is CCc1cc2c(s1)N(N)c1ccc(SC)cc1NC2. The second-order valence-electron chi connectivity index (χ2n) is 4.50. The van der Waals surface area contributed by atoms with Crippen molar-refractivity contribution < 1.29 is 0 Å². The van der Waals surface area contributed by atoms with Gasteiger partial charge in [-0.15, -0.1) is 23.1 Å². The van der Waals surface area contributed by atoms with E-state index in [0.717, 1.165) is 29.3 Å². The summed E-state index contributed by atoms with van der Waals surface area (Å²) in [5, 5.41) is 6.47. The molecule has 0 radical (unpaired) electrons. The van der Waals surface area contributed by atoms with Gasteiger partial charge in [-0.1, -0.05) is 6.92 Å². The molecule has 100 valence electrons. The first-order chi connectivity index (χ1) is 9.22. The van der Waals surface area contributed by atoms with E-state index >= 15 is 0 Å². The van der Waals surface area contributed by atoms with Crippen LogP contribution in [0.25, 0.3) is 0 Å². The minimum Gasteiger partial charge on any atom is -0.379 e. The number of hydrogen-bond donors (Lipinski definition) is 2. The Morgan fingerprint density at radius 3 is 3.00 bits per heavy atom. The van der Waals surface area contributed by atoms with Crippen molar-refractivity contribution in [2.75, 3.05) is 16.6 Å². The molecule has 0 unspecified atom stereocenters. The molecule has 19 heavy (non-hydrogen) atoms. The van der Waals surface area contributed by atoms with Gasteiger partial charge >= 0.3 is 0 Å². The zero-order valence-corrected chi connectivity index (χ0v) is 12.7. The van der Waals surface area contributed by atoms with Crippen LogP contribution in [0.15, 0.2) is 29.2 Å². The number of benzene rings is 1. The van der Waals surface area contributed by atoms with E-state index < -0.39 is 0 Å². The molecule has 1 aromatic carbocycles. The number of nitrogens with two attached hydrogens (primary N) is 1. The van der Waals surface area contributed by atoms with Crippen LogP contribution >= 0.6 is 23.1 Å². The number of thioether (sulfide) groups is 1. The van der Waals surface area contributed by atoms with E-state index in [4.69, 9.17) is 5.84 Å². The molecule has 1 aromatic heterocycles. The van der Waals surface area contributed by atoms with Crippen molar-refractivity contribution in [3.05, 3.63) is 34.7 Å². The molecular weight excluding hydrogens is 274 g/mol. The van der Waals surface area contributed by atoms with Gasteiger partial charge in [0, 0.05) is 21.9 Å². The standard InChI is InChI=1S/C14H17N3S2/c1-3-10-6-9-8-16-12-7-11(18-2)4-5-13(12)17(15)14(9)19-10/h4-7,16H,3,8,15H2,1-2H3. The lowest BCUT2D eigenvalue weighted by molar-refractivity contribution is 1.10. The molecule has 0 spiro atoms. The van der Waals surface area contributed by atoms with Gasteiger partial charge in [0.15, 0.2) is 0 Å². The van der Waals surface area contributed by atoms with E-state index in [-0.39, 0.29) is 0 Å².